The molecule has 0 bridgehead atoms. The van der Waals surface area contributed by atoms with Gasteiger partial charge in [0.2, 0.25) is 0 Å². The van der Waals surface area contributed by atoms with Crippen LogP contribution >= 0.6 is 0 Å². The number of H-pyrrole nitrogens is 1. The molecule has 0 radical (unpaired) electrons. The van der Waals surface area contributed by atoms with E-state index in [1.165, 1.54) is 5.56 Å². The third kappa shape index (κ3) is 4.28. The molecular weight excluding hydrogens is 245 g/mol. The molecule has 0 aliphatic carbocycles. The van der Waals surface area contributed by atoms with Crippen LogP contribution in [0, 0.1) is 0 Å². The Bertz CT molecular complexity index is 352. The van der Waals surface area contributed by atoms with Gasteiger partial charge in [-0.3, -0.25) is 10.00 Å². The molecule has 1 aromatic rings. The molecule has 0 amide bonds. The fourth-order valence-electron chi connectivity index (χ4n) is 2.30. The lowest BCUT2D eigenvalue weighted by atomic mass is 10.1. The molecule has 0 aromatic carbocycles. The van der Waals surface area contributed by atoms with Crippen molar-refractivity contribution in [1.29, 1.82) is 0 Å². The fraction of sp³-hybridized carbons (Fsp3) is 0.786. The largest absolute Gasteiger partial charge is 0.378 e. The highest BCUT2D eigenvalue weighted by atomic mass is 19.1. The lowest BCUT2D eigenvalue weighted by Crippen LogP contribution is -2.52. The molecule has 2 aliphatic heterocycles. The molecule has 0 spiro atoms. The second-order valence-electron chi connectivity index (χ2n) is 5.61. The van der Waals surface area contributed by atoms with E-state index in [0.717, 1.165) is 32.6 Å². The van der Waals surface area contributed by atoms with Crippen molar-refractivity contribution >= 4 is 0 Å². The monoisotopic (exact) mass is 269 g/mol. The first-order valence-electron chi connectivity index (χ1n) is 7.11. The number of nitrogens with one attached hydrogen (secondary N) is 1. The minimum atomic E-state index is -0.593. The molecule has 108 valence electrons. The van der Waals surface area contributed by atoms with Crippen molar-refractivity contribution in [3.8, 4) is 0 Å². The second-order valence-corrected chi connectivity index (χ2v) is 5.61. The van der Waals surface area contributed by atoms with E-state index in [1.54, 1.807) is 0 Å². The fourth-order valence-corrected chi connectivity index (χ4v) is 2.30. The van der Waals surface area contributed by atoms with Crippen molar-refractivity contribution in [2.24, 2.45) is 0 Å². The van der Waals surface area contributed by atoms with E-state index in [4.69, 9.17) is 4.74 Å². The molecule has 2 fully saturated rings. The average molecular weight is 269 g/mol. The van der Waals surface area contributed by atoms with E-state index >= 15 is 0 Å². The molecule has 1 aromatic heterocycles. The van der Waals surface area contributed by atoms with Crippen LogP contribution in [0.2, 0.25) is 0 Å². The number of piperidine rings is 1. The van der Waals surface area contributed by atoms with Crippen LogP contribution in [0.3, 0.4) is 0 Å². The average Bonchev–Trinajstić information content (AvgIpc) is 2.81. The van der Waals surface area contributed by atoms with Crippen LogP contribution in [-0.4, -0.2) is 53.6 Å². The summed E-state index contributed by atoms with van der Waals surface area (Å²) in [6.45, 7) is 7.61. The van der Waals surface area contributed by atoms with Crippen LogP contribution in [0.1, 0.15) is 38.2 Å². The summed E-state index contributed by atoms with van der Waals surface area (Å²) >= 11 is 0. The highest BCUT2D eigenvalue weighted by Gasteiger charge is 2.29. The van der Waals surface area contributed by atoms with E-state index in [9.17, 15) is 4.39 Å². The number of aromatic amines is 1. The third-order valence-electron chi connectivity index (χ3n) is 3.72. The molecule has 19 heavy (non-hydrogen) atoms. The van der Waals surface area contributed by atoms with Gasteiger partial charge in [0.15, 0.2) is 0 Å². The van der Waals surface area contributed by atoms with Crippen LogP contribution in [0.4, 0.5) is 4.39 Å². The molecular formula is C14H24FN3O. The van der Waals surface area contributed by atoms with Crippen molar-refractivity contribution < 1.29 is 9.13 Å². The minimum absolute atomic E-state index is 0.522. The summed E-state index contributed by atoms with van der Waals surface area (Å²) in [5.41, 5.74) is 1.27. The maximum absolute atomic E-state index is 12.9. The molecule has 0 unspecified atom stereocenters. The van der Waals surface area contributed by atoms with E-state index in [1.807, 2.05) is 12.4 Å². The maximum atomic E-state index is 12.9. The number of alkyl halides is 1. The summed E-state index contributed by atoms with van der Waals surface area (Å²) in [6, 6.07) is 0.522. The van der Waals surface area contributed by atoms with Gasteiger partial charge in [0, 0.05) is 12.7 Å². The summed E-state index contributed by atoms with van der Waals surface area (Å²) in [5, 5.41) is 6.58. The predicted molar refractivity (Wildman–Crippen MR) is 73.0 cm³/mol. The van der Waals surface area contributed by atoms with E-state index in [0.29, 0.717) is 18.5 Å². The maximum Gasteiger partial charge on any atom is 0.113 e. The first-order chi connectivity index (χ1) is 9.16. The number of hydrogen-bond acceptors (Lipinski definition) is 3. The van der Waals surface area contributed by atoms with Gasteiger partial charge in [-0.25, -0.2) is 4.39 Å². The summed E-state index contributed by atoms with van der Waals surface area (Å²) in [6.07, 6.45) is 4.95. The Morgan fingerprint density at radius 2 is 2.26 bits per heavy atom. The Morgan fingerprint density at radius 3 is 2.68 bits per heavy atom. The van der Waals surface area contributed by atoms with E-state index in [-0.39, 0.29) is 0 Å². The Morgan fingerprint density at radius 1 is 1.47 bits per heavy atom. The van der Waals surface area contributed by atoms with Gasteiger partial charge < -0.3 is 4.74 Å². The van der Waals surface area contributed by atoms with Crippen molar-refractivity contribution in [3.05, 3.63) is 18.0 Å². The van der Waals surface area contributed by atoms with Crippen LogP contribution in [0.15, 0.2) is 12.4 Å². The Balaban J connectivity index is 0.000000148. The molecule has 4 nitrogen and oxygen atoms in total. The van der Waals surface area contributed by atoms with Gasteiger partial charge >= 0.3 is 0 Å². The normalized spacial score (nSPS) is 24.7. The first-order valence-corrected chi connectivity index (χ1v) is 7.11. The first kappa shape index (κ1) is 14.5. The zero-order chi connectivity index (χ0) is 13.7. The molecule has 1 atom stereocenters. The van der Waals surface area contributed by atoms with Crippen LogP contribution in [-0.2, 0) is 4.74 Å². The van der Waals surface area contributed by atoms with Gasteiger partial charge in [-0.05, 0) is 30.9 Å². The Hall–Kier alpha value is -0.940. The molecule has 1 N–H and O–H groups in total. The van der Waals surface area contributed by atoms with Crippen LogP contribution in [0.25, 0.3) is 0 Å². The molecule has 2 aliphatic rings. The van der Waals surface area contributed by atoms with Crippen molar-refractivity contribution in [2.75, 3.05) is 26.3 Å². The van der Waals surface area contributed by atoms with Crippen molar-refractivity contribution in [1.82, 2.24) is 15.1 Å². The van der Waals surface area contributed by atoms with Gasteiger partial charge in [0.25, 0.3) is 0 Å². The molecule has 5 heteroatoms. The van der Waals surface area contributed by atoms with Gasteiger partial charge in [0.1, 0.15) is 6.17 Å². The van der Waals surface area contributed by atoms with E-state index in [2.05, 4.69) is 28.9 Å². The second kappa shape index (κ2) is 7.01. The summed E-state index contributed by atoms with van der Waals surface area (Å²) in [4.78, 5) is 2.22. The van der Waals surface area contributed by atoms with Gasteiger partial charge in [0.05, 0.1) is 25.5 Å². The summed E-state index contributed by atoms with van der Waals surface area (Å²) in [7, 11) is 0. The number of nitrogens with zero attached hydrogens (tertiary/aromatic N) is 2. The zero-order valence-corrected chi connectivity index (χ0v) is 11.8. The van der Waals surface area contributed by atoms with Crippen molar-refractivity contribution in [3.63, 3.8) is 0 Å². The zero-order valence-electron chi connectivity index (χ0n) is 11.8. The quantitative estimate of drug-likeness (QED) is 0.896. The molecule has 3 heterocycles. The van der Waals surface area contributed by atoms with Gasteiger partial charge in [-0.15, -0.1) is 0 Å². The van der Waals surface area contributed by atoms with Crippen molar-refractivity contribution in [2.45, 2.75) is 44.8 Å². The number of hydrogen-bond donors (Lipinski definition) is 1. The predicted octanol–water partition coefficient (Wildman–Crippen LogP) is 2.35. The lowest BCUT2D eigenvalue weighted by molar-refractivity contribution is -0.0780. The highest BCUT2D eigenvalue weighted by molar-refractivity contribution is 5.06. The van der Waals surface area contributed by atoms with Crippen LogP contribution < -0.4 is 0 Å². The topological polar surface area (TPSA) is 41.2 Å². The number of halogens is 1. The van der Waals surface area contributed by atoms with Crippen LogP contribution in [0.5, 0.6) is 0 Å². The number of likely N-dealkylation sites (tertiary alicyclic amines) is 1. The summed E-state index contributed by atoms with van der Waals surface area (Å²) < 4.78 is 17.9. The highest BCUT2D eigenvalue weighted by Crippen LogP contribution is 2.18. The number of rotatable bonds is 2. The Labute approximate surface area is 114 Å². The number of aromatic nitrogens is 2. The molecule has 3 rings (SSSR count). The minimum Gasteiger partial charge on any atom is -0.378 e. The number of ether oxygens (including phenoxy) is 1. The summed E-state index contributed by atoms with van der Waals surface area (Å²) in [5.74, 6) is 0.591. The lowest BCUT2D eigenvalue weighted by Gasteiger charge is -2.40. The van der Waals surface area contributed by atoms with Gasteiger partial charge in [-0.1, -0.05) is 13.8 Å². The van der Waals surface area contributed by atoms with E-state index < -0.39 is 6.17 Å². The van der Waals surface area contributed by atoms with Gasteiger partial charge in [-0.2, -0.15) is 5.10 Å². The molecule has 2 saturated heterocycles. The smallest absolute Gasteiger partial charge is 0.113 e. The third-order valence-corrected chi connectivity index (χ3v) is 3.72. The standard InChI is InChI=1S/C8H14FNO.C6H10N2/c9-7-2-1-3-10(4-7)8-5-11-6-8;1-5(2)6-3-7-8-4-6/h7-8H,1-6H2;3-5H,1-2H3,(H,7,8)/t7-;/m1./s1. The SMILES string of the molecule is CC(C)c1cn[nH]c1.F[C@@H]1CCCN(C2COC2)C1. The Kier molecular flexibility index (Phi) is 5.34. The molecule has 0 saturated carbocycles.